The zero-order valence-electron chi connectivity index (χ0n) is 10.1. The smallest absolute Gasteiger partial charge is 0.128 e. The molecule has 0 saturated heterocycles. The SMILES string of the molecule is Nc1ccc2c(c1)CCN2Cc1ccccc1F. The third-order valence-electron chi connectivity index (χ3n) is 3.41. The van der Waals surface area contributed by atoms with E-state index in [-0.39, 0.29) is 5.82 Å². The van der Waals surface area contributed by atoms with Crippen molar-refractivity contribution in [1.29, 1.82) is 0 Å². The Morgan fingerprint density at radius 2 is 2.00 bits per heavy atom. The summed E-state index contributed by atoms with van der Waals surface area (Å²) in [5.41, 5.74) is 9.74. The van der Waals surface area contributed by atoms with Crippen molar-refractivity contribution in [3.63, 3.8) is 0 Å². The van der Waals surface area contributed by atoms with Crippen LogP contribution in [-0.2, 0) is 13.0 Å². The maximum atomic E-state index is 13.6. The van der Waals surface area contributed by atoms with Gasteiger partial charge in [-0.3, -0.25) is 0 Å². The molecule has 3 heteroatoms. The van der Waals surface area contributed by atoms with Crippen LogP contribution in [0, 0.1) is 5.82 Å². The van der Waals surface area contributed by atoms with Crippen molar-refractivity contribution in [2.75, 3.05) is 17.2 Å². The predicted octanol–water partition coefficient (Wildman–Crippen LogP) is 2.97. The maximum absolute atomic E-state index is 13.6. The molecule has 2 N–H and O–H groups in total. The molecule has 2 aromatic rings. The minimum Gasteiger partial charge on any atom is -0.399 e. The van der Waals surface area contributed by atoms with Crippen LogP contribution in [0.1, 0.15) is 11.1 Å². The highest BCUT2D eigenvalue weighted by Gasteiger charge is 2.19. The first-order chi connectivity index (χ1) is 8.74. The Kier molecular flexibility index (Phi) is 2.67. The van der Waals surface area contributed by atoms with E-state index >= 15 is 0 Å². The van der Waals surface area contributed by atoms with Crippen molar-refractivity contribution in [2.24, 2.45) is 0 Å². The fourth-order valence-corrected chi connectivity index (χ4v) is 2.49. The first kappa shape index (κ1) is 11.1. The number of halogens is 1. The van der Waals surface area contributed by atoms with Gasteiger partial charge in [-0.05, 0) is 36.2 Å². The van der Waals surface area contributed by atoms with E-state index in [0.29, 0.717) is 6.54 Å². The van der Waals surface area contributed by atoms with E-state index in [0.717, 1.165) is 24.2 Å². The number of hydrogen-bond acceptors (Lipinski definition) is 2. The summed E-state index contributed by atoms with van der Waals surface area (Å²) >= 11 is 0. The molecule has 1 aliphatic rings. The van der Waals surface area contributed by atoms with Crippen molar-refractivity contribution in [2.45, 2.75) is 13.0 Å². The Hall–Kier alpha value is -2.03. The van der Waals surface area contributed by atoms with E-state index in [1.54, 1.807) is 6.07 Å². The summed E-state index contributed by atoms with van der Waals surface area (Å²) in [4.78, 5) is 2.20. The van der Waals surface area contributed by atoms with Crippen LogP contribution < -0.4 is 10.6 Å². The summed E-state index contributed by atoms with van der Waals surface area (Å²) < 4.78 is 13.6. The van der Waals surface area contributed by atoms with Gasteiger partial charge in [0.1, 0.15) is 5.82 Å². The summed E-state index contributed by atoms with van der Waals surface area (Å²) in [6.45, 7) is 1.54. The van der Waals surface area contributed by atoms with Crippen LogP contribution in [0.2, 0.25) is 0 Å². The molecule has 18 heavy (non-hydrogen) atoms. The van der Waals surface area contributed by atoms with E-state index in [9.17, 15) is 4.39 Å². The first-order valence-corrected chi connectivity index (χ1v) is 6.11. The number of rotatable bonds is 2. The fourth-order valence-electron chi connectivity index (χ4n) is 2.49. The number of benzene rings is 2. The summed E-state index contributed by atoms with van der Waals surface area (Å²) in [7, 11) is 0. The number of hydrogen-bond donors (Lipinski definition) is 1. The van der Waals surface area contributed by atoms with E-state index in [1.807, 2.05) is 30.3 Å². The molecule has 2 aromatic carbocycles. The third kappa shape index (κ3) is 1.92. The predicted molar refractivity (Wildman–Crippen MR) is 72.0 cm³/mol. The normalized spacial score (nSPS) is 13.7. The third-order valence-corrected chi connectivity index (χ3v) is 3.41. The van der Waals surface area contributed by atoms with Gasteiger partial charge in [0.05, 0.1) is 0 Å². The van der Waals surface area contributed by atoms with Crippen LogP contribution in [-0.4, -0.2) is 6.54 Å². The van der Waals surface area contributed by atoms with Gasteiger partial charge in [-0.15, -0.1) is 0 Å². The van der Waals surface area contributed by atoms with E-state index < -0.39 is 0 Å². The summed E-state index contributed by atoms with van der Waals surface area (Å²) in [6, 6.07) is 12.9. The highest BCUT2D eigenvalue weighted by molar-refractivity contribution is 5.63. The molecule has 0 aromatic heterocycles. The van der Waals surface area contributed by atoms with Crippen LogP contribution in [0.5, 0.6) is 0 Å². The monoisotopic (exact) mass is 242 g/mol. The Morgan fingerprint density at radius 1 is 1.17 bits per heavy atom. The zero-order chi connectivity index (χ0) is 12.5. The van der Waals surface area contributed by atoms with E-state index in [1.165, 1.54) is 17.3 Å². The molecule has 0 atom stereocenters. The first-order valence-electron chi connectivity index (χ1n) is 6.11. The van der Waals surface area contributed by atoms with Crippen molar-refractivity contribution >= 4 is 11.4 Å². The van der Waals surface area contributed by atoms with Gasteiger partial charge in [0.25, 0.3) is 0 Å². The molecule has 2 nitrogen and oxygen atoms in total. The molecule has 1 aliphatic heterocycles. The second kappa shape index (κ2) is 4.33. The molecular formula is C15H15FN2. The summed E-state index contributed by atoms with van der Waals surface area (Å²) in [5.74, 6) is -0.138. The Labute approximate surface area is 106 Å². The lowest BCUT2D eigenvalue weighted by Gasteiger charge is -2.19. The van der Waals surface area contributed by atoms with Crippen LogP contribution in [0.4, 0.5) is 15.8 Å². The average molecular weight is 242 g/mol. The molecule has 3 rings (SSSR count). The molecule has 0 spiro atoms. The highest BCUT2D eigenvalue weighted by Crippen LogP contribution is 2.31. The Morgan fingerprint density at radius 3 is 2.83 bits per heavy atom. The number of nitrogen functional groups attached to an aromatic ring is 1. The second-order valence-corrected chi connectivity index (χ2v) is 4.65. The van der Waals surface area contributed by atoms with Crippen LogP contribution in [0.15, 0.2) is 42.5 Å². The highest BCUT2D eigenvalue weighted by atomic mass is 19.1. The molecule has 1 heterocycles. The number of fused-ring (bicyclic) bond motifs is 1. The number of nitrogens with zero attached hydrogens (tertiary/aromatic N) is 1. The maximum Gasteiger partial charge on any atom is 0.128 e. The minimum atomic E-state index is -0.138. The van der Waals surface area contributed by atoms with Gasteiger partial charge in [0.2, 0.25) is 0 Å². The zero-order valence-corrected chi connectivity index (χ0v) is 10.1. The van der Waals surface area contributed by atoms with Gasteiger partial charge in [-0.25, -0.2) is 4.39 Å². The molecule has 0 saturated carbocycles. The largest absolute Gasteiger partial charge is 0.399 e. The lowest BCUT2D eigenvalue weighted by Crippen LogP contribution is -2.20. The molecule has 0 bridgehead atoms. The van der Waals surface area contributed by atoms with Crippen molar-refractivity contribution in [3.05, 3.63) is 59.4 Å². The van der Waals surface area contributed by atoms with Crippen LogP contribution >= 0.6 is 0 Å². The lowest BCUT2D eigenvalue weighted by atomic mass is 10.1. The standard InChI is InChI=1S/C15H15FN2/c16-14-4-2-1-3-12(14)10-18-8-7-11-9-13(17)5-6-15(11)18/h1-6,9H,7-8,10,17H2. The molecule has 0 unspecified atom stereocenters. The molecule has 0 fully saturated rings. The number of nitrogens with two attached hydrogens (primary N) is 1. The minimum absolute atomic E-state index is 0.138. The van der Waals surface area contributed by atoms with Gasteiger partial charge in [-0.2, -0.15) is 0 Å². The van der Waals surface area contributed by atoms with Gasteiger partial charge >= 0.3 is 0 Å². The topological polar surface area (TPSA) is 29.3 Å². The summed E-state index contributed by atoms with van der Waals surface area (Å²) in [6.07, 6.45) is 0.981. The summed E-state index contributed by atoms with van der Waals surface area (Å²) in [5, 5.41) is 0. The van der Waals surface area contributed by atoms with Gasteiger partial charge < -0.3 is 10.6 Å². The molecular weight excluding hydrogens is 227 g/mol. The van der Waals surface area contributed by atoms with Crippen molar-refractivity contribution < 1.29 is 4.39 Å². The average Bonchev–Trinajstić information content (AvgIpc) is 2.74. The van der Waals surface area contributed by atoms with E-state index in [4.69, 9.17) is 5.73 Å². The van der Waals surface area contributed by atoms with Crippen LogP contribution in [0.25, 0.3) is 0 Å². The number of anilines is 2. The van der Waals surface area contributed by atoms with Gasteiger partial charge in [0.15, 0.2) is 0 Å². The fraction of sp³-hybridized carbons (Fsp3) is 0.200. The van der Waals surface area contributed by atoms with Gasteiger partial charge in [-0.1, -0.05) is 18.2 Å². The molecule has 0 amide bonds. The molecule has 0 radical (unpaired) electrons. The Balaban J connectivity index is 1.87. The lowest BCUT2D eigenvalue weighted by molar-refractivity contribution is 0.606. The second-order valence-electron chi connectivity index (χ2n) is 4.65. The van der Waals surface area contributed by atoms with Crippen molar-refractivity contribution in [3.8, 4) is 0 Å². The quantitative estimate of drug-likeness (QED) is 0.820. The van der Waals surface area contributed by atoms with Crippen LogP contribution in [0.3, 0.4) is 0 Å². The molecule has 92 valence electrons. The molecule has 0 aliphatic carbocycles. The van der Waals surface area contributed by atoms with E-state index in [2.05, 4.69) is 4.90 Å². The van der Waals surface area contributed by atoms with Crippen molar-refractivity contribution in [1.82, 2.24) is 0 Å². The Bertz CT molecular complexity index is 580. The van der Waals surface area contributed by atoms with Gasteiger partial charge in [0, 0.05) is 30.0 Å².